The first kappa shape index (κ1) is 14.0. The minimum absolute atomic E-state index is 0.466. The van der Waals surface area contributed by atoms with Crippen LogP contribution in [0.4, 0.5) is 0 Å². The summed E-state index contributed by atoms with van der Waals surface area (Å²) in [5.74, 6) is 1.72. The maximum Gasteiger partial charge on any atom is 0.153 e. The second kappa shape index (κ2) is 6.22. The molecule has 23 heavy (non-hydrogen) atoms. The highest BCUT2D eigenvalue weighted by Crippen LogP contribution is 2.22. The molecule has 0 saturated carbocycles. The Balaban J connectivity index is 1.66. The third kappa shape index (κ3) is 2.83. The Bertz CT molecular complexity index is 784. The summed E-state index contributed by atoms with van der Waals surface area (Å²) in [6.07, 6.45) is 2.74. The van der Waals surface area contributed by atoms with Crippen LogP contribution in [0.1, 0.15) is 17.0 Å². The van der Waals surface area contributed by atoms with Gasteiger partial charge in [-0.3, -0.25) is 0 Å². The summed E-state index contributed by atoms with van der Waals surface area (Å²) in [5, 5.41) is 8.18. The molecule has 1 aliphatic heterocycles. The van der Waals surface area contributed by atoms with Crippen LogP contribution in [-0.2, 0) is 19.6 Å². The van der Waals surface area contributed by atoms with Crippen molar-refractivity contribution in [1.29, 1.82) is 0 Å². The van der Waals surface area contributed by atoms with Crippen molar-refractivity contribution < 1.29 is 4.74 Å². The smallest absolute Gasteiger partial charge is 0.153 e. The SMILES string of the molecule is c1ccc(OCc2nn(-c3ccccn3)c3c2CNCC3)cc1. The third-order valence-electron chi connectivity index (χ3n) is 4.00. The Labute approximate surface area is 134 Å². The lowest BCUT2D eigenvalue weighted by Gasteiger charge is -2.15. The second-order valence-electron chi connectivity index (χ2n) is 5.50. The fourth-order valence-electron chi connectivity index (χ4n) is 2.87. The van der Waals surface area contributed by atoms with Gasteiger partial charge in [-0.15, -0.1) is 0 Å². The molecule has 5 nitrogen and oxygen atoms in total. The zero-order valence-electron chi connectivity index (χ0n) is 12.8. The van der Waals surface area contributed by atoms with E-state index in [4.69, 9.17) is 9.84 Å². The lowest BCUT2D eigenvalue weighted by molar-refractivity contribution is 0.299. The van der Waals surface area contributed by atoms with Crippen LogP contribution in [0.2, 0.25) is 0 Å². The van der Waals surface area contributed by atoms with Gasteiger partial charge in [-0.05, 0) is 24.3 Å². The van der Waals surface area contributed by atoms with E-state index in [2.05, 4.69) is 10.3 Å². The molecule has 0 saturated heterocycles. The number of aromatic nitrogens is 3. The number of rotatable bonds is 4. The largest absolute Gasteiger partial charge is 0.487 e. The Hall–Kier alpha value is -2.66. The van der Waals surface area contributed by atoms with Crippen LogP contribution in [-0.4, -0.2) is 21.3 Å². The van der Waals surface area contributed by atoms with E-state index >= 15 is 0 Å². The van der Waals surface area contributed by atoms with Crippen molar-refractivity contribution in [1.82, 2.24) is 20.1 Å². The molecule has 1 aliphatic rings. The van der Waals surface area contributed by atoms with Crippen molar-refractivity contribution in [3.63, 3.8) is 0 Å². The lowest BCUT2D eigenvalue weighted by Crippen LogP contribution is -2.25. The molecule has 0 aliphatic carbocycles. The second-order valence-corrected chi connectivity index (χ2v) is 5.50. The van der Waals surface area contributed by atoms with Gasteiger partial charge in [0.25, 0.3) is 0 Å². The van der Waals surface area contributed by atoms with E-state index in [1.165, 1.54) is 11.3 Å². The summed E-state index contributed by atoms with van der Waals surface area (Å²) >= 11 is 0. The molecule has 3 aromatic rings. The van der Waals surface area contributed by atoms with Gasteiger partial charge >= 0.3 is 0 Å². The number of hydrogen-bond donors (Lipinski definition) is 1. The van der Waals surface area contributed by atoms with Crippen molar-refractivity contribution in [2.24, 2.45) is 0 Å². The van der Waals surface area contributed by atoms with E-state index in [0.717, 1.165) is 36.8 Å². The number of para-hydroxylation sites is 1. The van der Waals surface area contributed by atoms with E-state index in [9.17, 15) is 0 Å². The number of nitrogens with zero attached hydrogens (tertiary/aromatic N) is 3. The molecule has 116 valence electrons. The van der Waals surface area contributed by atoms with Crippen molar-refractivity contribution in [2.45, 2.75) is 19.6 Å². The van der Waals surface area contributed by atoms with Crippen LogP contribution in [0, 0.1) is 0 Å². The molecular weight excluding hydrogens is 288 g/mol. The van der Waals surface area contributed by atoms with Crippen LogP contribution < -0.4 is 10.1 Å². The molecule has 1 aromatic carbocycles. The summed E-state index contributed by atoms with van der Waals surface area (Å²) in [5.41, 5.74) is 3.44. The summed E-state index contributed by atoms with van der Waals surface area (Å²) in [6, 6.07) is 15.7. The van der Waals surface area contributed by atoms with Gasteiger partial charge in [0.1, 0.15) is 18.1 Å². The van der Waals surface area contributed by atoms with Gasteiger partial charge in [-0.25, -0.2) is 9.67 Å². The van der Waals surface area contributed by atoms with Gasteiger partial charge in [0.2, 0.25) is 0 Å². The van der Waals surface area contributed by atoms with Crippen molar-refractivity contribution in [3.8, 4) is 11.6 Å². The highest BCUT2D eigenvalue weighted by Gasteiger charge is 2.22. The molecular formula is C18H18N4O. The first-order chi connectivity index (χ1) is 11.4. The zero-order chi connectivity index (χ0) is 15.5. The summed E-state index contributed by atoms with van der Waals surface area (Å²) < 4.78 is 7.84. The van der Waals surface area contributed by atoms with Gasteiger partial charge in [0.15, 0.2) is 5.82 Å². The van der Waals surface area contributed by atoms with E-state index in [0.29, 0.717) is 6.61 Å². The molecule has 5 heteroatoms. The van der Waals surface area contributed by atoms with Crippen LogP contribution in [0.25, 0.3) is 5.82 Å². The first-order valence-electron chi connectivity index (χ1n) is 7.81. The predicted molar refractivity (Wildman–Crippen MR) is 87.5 cm³/mol. The predicted octanol–water partition coefficient (Wildman–Crippen LogP) is 2.49. The minimum Gasteiger partial charge on any atom is -0.487 e. The zero-order valence-corrected chi connectivity index (χ0v) is 12.8. The summed E-state index contributed by atoms with van der Waals surface area (Å²) in [6.45, 7) is 2.26. The molecule has 1 N–H and O–H groups in total. The maximum absolute atomic E-state index is 5.88. The van der Waals surface area contributed by atoms with Gasteiger partial charge < -0.3 is 10.1 Å². The lowest BCUT2D eigenvalue weighted by atomic mass is 10.1. The molecule has 0 unspecified atom stereocenters. The van der Waals surface area contributed by atoms with E-state index < -0.39 is 0 Å². The highest BCUT2D eigenvalue weighted by atomic mass is 16.5. The third-order valence-corrected chi connectivity index (χ3v) is 4.00. The van der Waals surface area contributed by atoms with E-state index in [-0.39, 0.29) is 0 Å². The number of benzene rings is 1. The Morgan fingerprint density at radius 2 is 1.96 bits per heavy atom. The van der Waals surface area contributed by atoms with Crippen LogP contribution >= 0.6 is 0 Å². The molecule has 0 atom stereocenters. The molecule has 4 rings (SSSR count). The molecule has 0 fully saturated rings. The average Bonchev–Trinajstić information content (AvgIpc) is 3.01. The molecule has 0 spiro atoms. The Morgan fingerprint density at radius 3 is 2.78 bits per heavy atom. The molecule has 0 radical (unpaired) electrons. The van der Waals surface area contributed by atoms with Crippen molar-refractivity contribution in [3.05, 3.63) is 71.7 Å². The van der Waals surface area contributed by atoms with E-state index in [1.807, 2.05) is 53.2 Å². The molecule has 0 amide bonds. The fraction of sp³-hybridized carbons (Fsp3) is 0.222. The average molecular weight is 306 g/mol. The highest BCUT2D eigenvalue weighted by molar-refractivity contribution is 5.35. The summed E-state index contributed by atoms with van der Waals surface area (Å²) in [4.78, 5) is 4.43. The number of nitrogens with one attached hydrogen (secondary N) is 1. The minimum atomic E-state index is 0.466. The molecule has 2 aromatic heterocycles. The maximum atomic E-state index is 5.88. The first-order valence-corrected chi connectivity index (χ1v) is 7.81. The van der Waals surface area contributed by atoms with Crippen LogP contribution in [0.3, 0.4) is 0 Å². The van der Waals surface area contributed by atoms with Crippen molar-refractivity contribution in [2.75, 3.05) is 6.54 Å². The van der Waals surface area contributed by atoms with Gasteiger partial charge in [-0.2, -0.15) is 5.10 Å². The van der Waals surface area contributed by atoms with Gasteiger partial charge in [0, 0.05) is 31.3 Å². The molecule has 3 heterocycles. The molecule has 0 bridgehead atoms. The number of fused-ring (bicyclic) bond motifs is 1. The fourth-order valence-corrected chi connectivity index (χ4v) is 2.87. The van der Waals surface area contributed by atoms with Crippen LogP contribution in [0.5, 0.6) is 5.75 Å². The monoisotopic (exact) mass is 306 g/mol. The Kier molecular flexibility index (Phi) is 3.78. The topological polar surface area (TPSA) is 52.0 Å². The number of ether oxygens (including phenoxy) is 1. The quantitative estimate of drug-likeness (QED) is 0.804. The standard InChI is InChI=1S/C18H18N4O/c1-2-6-14(7-3-1)23-13-16-15-12-19-11-9-17(15)22(21-16)18-8-4-5-10-20-18/h1-8,10,19H,9,11-13H2. The van der Waals surface area contributed by atoms with Crippen LogP contribution in [0.15, 0.2) is 54.7 Å². The summed E-state index contributed by atoms with van der Waals surface area (Å²) in [7, 11) is 0. The number of hydrogen-bond acceptors (Lipinski definition) is 4. The van der Waals surface area contributed by atoms with Gasteiger partial charge in [-0.1, -0.05) is 24.3 Å². The van der Waals surface area contributed by atoms with Gasteiger partial charge in [0.05, 0.1) is 5.69 Å². The normalized spacial score (nSPS) is 13.6. The Morgan fingerprint density at radius 1 is 1.09 bits per heavy atom. The van der Waals surface area contributed by atoms with E-state index in [1.54, 1.807) is 6.20 Å². The number of pyridine rings is 1. The van der Waals surface area contributed by atoms with Crippen molar-refractivity contribution >= 4 is 0 Å².